The highest BCUT2D eigenvalue weighted by Crippen LogP contribution is 1.90. The van der Waals surface area contributed by atoms with Crippen LogP contribution in [0, 0.1) is 0 Å². The molecule has 0 heterocycles. The van der Waals surface area contributed by atoms with E-state index in [-0.39, 0.29) is 0 Å². The van der Waals surface area contributed by atoms with E-state index < -0.39 is 0 Å². The molecule has 0 aromatic rings. The monoisotopic (exact) mass is 162 g/mol. The Morgan fingerprint density at radius 3 is 1.64 bits per heavy atom. The second-order valence-corrected chi connectivity index (χ2v) is 3.53. The van der Waals surface area contributed by atoms with Crippen molar-refractivity contribution < 1.29 is 0 Å². The Morgan fingerprint density at radius 1 is 1.00 bits per heavy atom. The highest BCUT2D eigenvalue weighted by Gasteiger charge is 1.76. The van der Waals surface area contributed by atoms with Gasteiger partial charge in [0.05, 0.1) is 0 Å². The molecule has 0 unspecified atom stereocenters. The second-order valence-electron chi connectivity index (χ2n) is 2.53. The molecule has 0 atom stereocenters. The lowest BCUT2D eigenvalue weighted by molar-refractivity contribution is 1.57. The van der Waals surface area contributed by atoms with Crippen molar-refractivity contribution in [1.82, 2.24) is 0 Å². The molecule has 0 amide bonds. The van der Waals surface area contributed by atoms with E-state index in [1.54, 1.807) is 0 Å². The quantitative estimate of drug-likeness (QED) is 0.440. The lowest BCUT2D eigenvalue weighted by Crippen LogP contribution is -1.77. The third-order valence-corrected chi connectivity index (χ3v) is 1.65. The minimum atomic E-state index is 0.735. The van der Waals surface area contributed by atoms with Gasteiger partial charge < -0.3 is 0 Å². The van der Waals surface area contributed by atoms with Crippen molar-refractivity contribution in [3.63, 3.8) is 0 Å². The van der Waals surface area contributed by atoms with Gasteiger partial charge in [0.25, 0.3) is 0 Å². The predicted molar refractivity (Wildman–Crippen MR) is 53.7 cm³/mol. The van der Waals surface area contributed by atoms with Crippen molar-refractivity contribution in [2.45, 2.75) is 13.8 Å². The van der Waals surface area contributed by atoms with E-state index in [2.05, 4.69) is 24.6 Å². The van der Waals surface area contributed by atoms with E-state index in [0.29, 0.717) is 0 Å². The fourth-order valence-electron chi connectivity index (χ4n) is 0.436. The van der Waals surface area contributed by atoms with Crippen LogP contribution in [0.5, 0.6) is 0 Å². The lowest BCUT2D eigenvalue weighted by atomic mass is 10.4. The summed E-state index contributed by atoms with van der Waals surface area (Å²) in [4.78, 5) is 0. The first-order valence-corrected chi connectivity index (χ1v) is 4.68. The fraction of sp³-hybridized carbons (Fsp3) is 0.200. The zero-order valence-electron chi connectivity index (χ0n) is 7.22. The summed E-state index contributed by atoms with van der Waals surface area (Å²) in [7, 11) is 0.735. The van der Waals surface area contributed by atoms with Crippen LogP contribution in [0.4, 0.5) is 0 Å². The van der Waals surface area contributed by atoms with Crippen LogP contribution in [0.25, 0.3) is 0 Å². The molecular weight excluding hydrogens is 148 g/mol. The van der Waals surface area contributed by atoms with Gasteiger partial charge in [-0.05, 0) is 13.8 Å². The maximum Gasteiger partial charge on any atom is 0.101 e. The third kappa shape index (κ3) is 9.18. The zero-order valence-corrected chi connectivity index (χ0v) is 8.22. The van der Waals surface area contributed by atoms with Crippen molar-refractivity contribution in [1.29, 1.82) is 0 Å². The molecule has 0 saturated carbocycles. The molecule has 2 radical (unpaired) electrons. The molecule has 0 rings (SSSR count). The smallest absolute Gasteiger partial charge is 0.0961 e. The van der Waals surface area contributed by atoms with E-state index in [1.165, 1.54) is 0 Å². The van der Waals surface area contributed by atoms with Crippen LogP contribution in [0.3, 0.4) is 0 Å². The first-order chi connectivity index (χ1) is 5.13. The van der Waals surface area contributed by atoms with Crippen molar-refractivity contribution in [2.75, 3.05) is 0 Å². The first kappa shape index (κ1) is 10.2. The lowest BCUT2D eigenvalue weighted by Gasteiger charge is -1.84. The summed E-state index contributed by atoms with van der Waals surface area (Å²) in [6.07, 6.45) is 4.06. The fourth-order valence-corrected chi connectivity index (χ4v) is 1.31. The summed E-state index contributed by atoms with van der Waals surface area (Å²) in [5.41, 5.74) is 6.42. The van der Waals surface area contributed by atoms with Gasteiger partial charge in [0.15, 0.2) is 0 Å². The van der Waals surface area contributed by atoms with Crippen LogP contribution in [-0.4, -0.2) is 9.52 Å². The van der Waals surface area contributed by atoms with Gasteiger partial charge in [0, 0.05) is 0 Å². The SMILES string of the molecule is C=C(C)C=C[Si]C=CC(=C)C. The van der Waals surface area contributed by atoms with E-state index in [1.807, 2.05) is 26.0 Å². The van der Waals surface area contributed by atoms with Crippen molar-refractivity contribution in [3.8, 4) is 0 Å². The van der Waals surface area contributed by atoms with Crippen molar-refractivity contribution >= 4 is 9.52 Å². The number of allylic oxidation sites excluding steroid dienone is 4. The molecule has 58 valence electrons. The molecule has 0 bridgehead atoms. The average molecular weight is 162 g/mol. The summed E-state index contributed by atoms with van der Waals surface area (Å²) in [5, 5.41) is 0. The average Bonchev–Trinajstić information content (AvgIpc) is 1.85. The van der Waals surface area contributed by atoms with E-state index in [4.69, 9.17) is 0 Å². The molecule has 1 heteroatoms. The van der Waals surface area contributed by atoms with Crippen LogP contribution in [0.1, 0.15) is 13.8 Å². The van der Waals surface area contributed by atoms with Crippen LogP contribution in [0.2, 0.25) is 0 Å². The van der Waals surface area contributed by atoms with Gasteiger partial charge >= 0.3 is 0 Å². The van der Waals surface area contributed by atoms with E-state index >= 15 is 0 Å². The van der Waals surface area contributed by atoms with Gasteiger partial charge in [-0.25, -0.2) is 0 Å². The van der Waals surface area contributed by atoms with Crippen LogP contribution >= 0.6 is 0 Å². The third-order valence-electron chi connectivity index (χ3n) is 0.928. The van der Waals surface area contributed by atoms with Gasteiger partial charge in [-0.15, -0.1) is 0 Å². The number of hydrogen-bond acceptors (Lipinski definition) is 0. The molecule has 0 saturated heterocycles. The maximum atomic E-state index is 3.76. The van der Waals surface area contributed by atoms with Gasteiger partial charge in [0.1, 0.15) is 9.52 Å². The molecule has 11 heavy (non-hydrogen) atoms. The Labute approximate surface area is 71.8 Å². The summed E-state index contributed by atoms with van der Waals surface area (Å²) < 4.78 is 0. The molecule has 0 aromatic heterocycles. The molecule has 0 aliphatic heterocycles. The maximum absolute atomic E-state index is 3.76. The Morgan fingerprint density at radius 2 is 1.36 bits per heavy atom. The van der Waals surface area contributed by atoms with Gasteiger partial charge in [-0.1, -0.05) is 47.9 Å². The normalized spacial score (nSPS) is 11.1. The van der Waals surface area contributed by atoms with E-state index in [9.17, 15) is 0 Å². The topological polar surface area (TPSA) is 0 Å². The Hall–Kier alpha value is -0.823. The first-order valence-electron chi connectivity index (χ1n) is 3.53. The molecule has 0 aliphatic rings. The molecule has 0 aliphatic carbocycles. The summed E-state index contributed by atoms with van der Waals surface area (Å²) in [6.45, 7) is 11.5. The highest BCUT2D eigenvalue weighted by molar-refractivity contribution is 6.48. The van der Waals surface area contributed by atoms with Crippen LogP contribution in [0.15, 0.2) is 47.9 Å². The Balaban J connectivity index is 3.57. The summed E-state index contributed by atoms with van der Waals surface area (Å²) in [6, 6.07) is 0. The Bertz CT molecular complexity index is 175. The summed E-state index contributed by atoms with van der Waals surface area (Å²) in [5.74, 6) is 0. The number of rotatable bonds is 4. The molecule has 0 nitrogen and oxygen atoms in total. The minimum absolute atomic E-state index is 0.735. The van der Waals surface area contributed by atoms with Crippen molar-refractivity contribution in [3.05, 3.63) is 47.9 Å². The van der Waals surface area contributed by atoms with Gasteiger partial charge in [0.2, 0.25) is 0 Å². The highest BCUT2D eigenvalue weighted by atomic mass is 28.2. The minimum Gasteiger partial charge on any atom is -0.0961 e. The Kier molecular flexibility index (Phi) is 5.48. The molecule has 0 fully saturated rings. The molecule has 0 N–H and O–H groups in total. The van der Waals surface area contributed by atoms with Crippen molar-refractivity contribution in [2.24, 2.45) is 0 Å². The molecule has 0 spiro atoms. The second kappa shape index (κ2) is 5.92. The predicted octanol–water partition coefficient (Wildman–Crippen LogP) is 2.87. The van der Waals surface area contributed by atoms with Gasteiger partial charge in [-0.2, -0.15) is 0 Å². The van der Waals surface area contributed by atoms with Crippen LogP contribution in [-0.2, 0) is 0 Å². The molecule has 0 aromatic carbocycles. The zero-order chi connectivity index (χ0) is 8.69. The largest absolute Gasteiger partial charge is 0.101 e. The summed E-state index contributed by atoms with van der Waals surface area (Å²) >= 11 is 0. The molecular formula is C10H14Si. The van der Waals surface area contributed by atoms with E-state index in [0.717, 1.165) is 20.7 Å². The number of hydrogen-bond donors (Lipinski definition) is 0. The van der Waals surface area contributed by atoms with Gasteiger partial charge in [-0.3, -0.25) is 0 Å². The standard InChI is InChI=1S/C10H14Si/c1-9(2)5-7-11-8-6-10(3)4/h5-8H,1,3H2,2,4H3. The van der Waals surface area contributed by atoms with Crippen LogP contribution < -0.4 is 0 Å².